The minimum atomic E-state index is 0.829. The molecule has 1 aliphatic carbocycles. The standard InChI is InChI=1S/C19H31N3S/c1-20(2)8-17-7-19(23-14-17)13-21-9-16-5-6-18(12-21)22(11-16)10-15-3-4-15/h7,14-16,18H,3-6,8-13H2,1-2H3/t16-,18+/m1/s1. The van der Waals surface area contributed by atoms with Crippen LogP contribution in [0.1, 0.15) is 36.1 Å². The first-order valence-corrected chi connectivity index (χ1v) is 10.2. The van der Waals surface area contributed by atoms with Gasteiger partial charge in [-0.3, -0.25) is 9.80 Å². The van der Waals surface area contributed by atoms with Crippen molar-refractivity contribution >= 4 is 11.3 Å². The number of thiophene rings is 1. The lowest BCUT2D eigenvalue weighted by Crippen LogP contribution is -2.44. The average molecular weight is 334 g/mol. The van der Waals surface area contributed by atoms with Crippen LogP contribution in [0.5, 0.6) is 0 Å². The lowest BCUT2D eigenvalue weighted by Gasteiger charge is -2.36. The Hall–Kier alpha value is -0.420. The van der Waals surface area contributed by atoms with Crippen LogP contribution in [0.2, 0.25) is 0 Å². The molecule has 4 heterocycles. The molecule has 2 bridgehead atoms. The molecule has 23 heavy (non-hydrogen) atoms. The second-order valence-corrected chi connectivity index (χ2v) is 9.34. The summed E-state index contributed by atoms with van der Waals surface area (Å²) in [5.74, 6) is 1.95. The Morgan fingerprint density at radius 2 is 2.00 bits per heavy atom. The maximum absolute atomic E-state index is 2.84. The summed E-state index contributed by atoms with van der Waals surface area (Å²) in [5, 5.41) is 2.35. The topological polar surface area (TPSA) is 9.72 Å². The zero-order chi connectivity index (χ0) is 15.8. The largest absolute Gasteiger partial charge is 0.305 e. The molecule has 4 aliphatic rings. The highest BCUT2D eigenvalue weighted by Crippen LogP contribution is 2.35. The van der Waals surface area contributed by atoms with Crippen LogP contribution in [-0.4, -0.2) is 61.0 Å². The van der Waals surface area contributed by atoms with Gasteiger partial charge >= 0.3 is 0 Å². The van der Waals surface area contributed by atoms with Gasteiger partial charge in [0.15, 0.2) is 0 Å². The van der Waals surface area contributed by atoms with E-state index in [4.69, 9.17) is 0 Å². The van der Waals surface area contributed by atoms with Gasteiger partial charge in [-0.2, -0.15) is 0 Å². The van der Waals surface area contributed by atoms with Crippen LogP contribution in [0.4, 0.5) is 0 Å². The van der Waals surface area contributed by atoms with E-state index >= 15 is 0 Å². The highest BCUT2D eigenvalue weighted by Gasteiger charge is 2.37. The first-order chi connectivity index (χ1) is 11.2. The maximum Gasteiger partial charge on any atom is 0.0328 e. The van der Waals surface area contributed by atoms with E-state index in [2.05, 4.69) is 40.2 Å². The molecule has 5 rings (SSSR count). The first kappa shape index (κ1) is 16.1. The fraction of sp³-hybridized carbons (Fsp3) is 0.789. The van der Waals surface area contributed by atoms with Gasteiger partial charge < -0.3 is 4.90 Å². The number of hydrogen-bond donors (Lipinski definition) is 0. The molecule has 0 radical (unpaired) electrons. The highest BCUT2D eigenvalue weighted by molar-refractivity contribution is 7.10. The average Bonchev–Trinajstić information content (AvgIpc) is 3.26. The van der Waals surface area contributed by atoms with Crippen LogP contribution in [-0.2, 0) is 13.1 Å². The van der Waals surface area contributed by atoms with Crippen LogP contribution >= 0.6 is 11.3 Å². The summed E-state index contributed by atoms with van der Waals surface area (Å²) in [4.78, 5) is 9.41. The van der Waals surface area contributed by atoms with Crippen LogP contribution in [0.3, 0.4) is 0 Å². The summed E-state index contributed by atoms with van der Waals surface area (Å²) in [6.45, 7) is 7.61. The summed E-state index contributed by atoms with van der Waals surface area (Å²) < 4.78 is 0. The van der Waals surface area contributed by atoms with Crippen molar-refractivity contribution in [1.29, 1.82) is 0 Å². The van der Waals surface area contributed by atoms with Gasteiger partial charge in [0.25, 0.3) is 0 Å². The molecule has 1 aromatic heterocycles. The van der Waals surface area contributed by atoms with Gasteiger partial charge in [0.05, 0.1) is 0 Å². The number of hydrogen-bond acceptors (Lipinski definition) is 4. The zero-order valence-corrected chi connectivity index (χ0v) is 15.5. The Labute approximate surface area is 145 Å². The molecule has 0 aromatic carbocycles. The summed E-state index contributed by atoms with van der Waals surface area (Å²) in [6.07, 6.45) is 5.87. The third-order valence-electron chi connectivity index (χ3n) is 5.68. The van der Waals surface area contributed by atoms with Gasteiger partial charge in [0, 0.05) is 50.2 Å². The molecule has 128 valence electrons. The number of piperidine rings is 1. The van der Waals surface area contributed by atoms with Gasteiger partial charge in [-0.25, -0.2) is 0 Å². The Kier molecular flexibility index (Phi) is 4.77. The van der Waals surface area contributed by atoms with Crippen molar-refractivity contribution in [3.8, 4) is 0 Å². The smallest absolute Gasteiger partial charge is 0.0328 e. The fourth-order valence-corrected chi connectivity index (χ4v) is 5.36. The Morgan fingerprint density at radius 1 is 1.13 bits per heavy atom. The van der Waals surface area contributed by atoms with E-state index in [0.717, 1.165) is 24.4 Å². The van der Waals surface area contributed by atoms with E-state index in [0.29, 0.717) is 0 Å². The van der Waals surface area contributed by atoms with Crippen LogP contribution in [0, 0.1) is 11.8 Å². The van der Waals surface area contributed by atoms with Crippen molar-refractivity contribution in [2.45, 2.75) is 44.8 Å². The van der Waals surface area contributed by atoms with E-state index in [9.17, 15) is 0 Å². The molecule has 4 fully saturated rings. The summed E-state index contributed by atoms with van der Waals surface area (Å²) in [6, 6.07) is 3.26. The summed E-state index contributed by atoms with van der Waals surface area (Å²) in [5.41, 5.74) is 1.48. The van der Waals surface area contributed by atoms with Crippen LogP contribution < -0.4 is 0 Å². The fourth-order valence-electron chi connectivity index (χ4n) is 4.44. The van der Waals surface area contributed by atoms with Crippen molar-refractivity contribution < 1.29 is 0 Å². The first-order valence-electron chi connectivity index (χ1n) is 9.33. The SMILES string of the molecule is CN(C)Cc1csc(CN2C[C@H]3CC[C@@H](C2)N(CC2CC2)C3)c1. The van der Waals surface area contributed by atoms with Crippen molar-refractivity contribution in [2.75, 3.05) is 40.3 Å². The lowest BCUT2D eigenvalue weighted by molar-refractivity contribution is 0.125. The van der Waals surface area contributed by atoms with E-state index in [1.165, 1.54) is 64.0 Å². The number of nitrogens with zero attached hydrogens (tertiary/aromatic N) is 3. The van der Waals surface area contributed by atoms with Crippen LogP contribution in [0.15, 0.2) is 11.4 Å². The molecule has 0 unspecified atom stereocenters. The highest BCUT2D eigenvalue weighted by atomic mass is 32.1. The Morgan fingerprint density at radius 3 is 2.78 bits per heavy atom. The zero-order valence-electron chi connectivity index (χ0n) is 14.7. The predicted octanol–water partition coefficient (Wildman–Crippen LogP) is 3.12. The molecule has 2 atom stereocenters. The Bertz CT molecular complexity index is 522. The minimum Gasteiger partial charge on any atom is -0.305 e. The molecule has 4 heteroatoms. The van der Waals surface area contributed by atoms with Gasteiger partial charge in [-0.15, -0.1) is 11.3 Å². The van der Waals surface area contributed by atoms with Crippen molar-refractivity contribution in [1.82, 2.24) is 14.7 Å². The molecule has 0 N–H and O–H groups in total. The molecule has 1 aromatic rings. The third kappa shape index (κ3) is 4.16. The second kappa shape index (κ2) is 6.83. The second-order valence-electron chi connectivity index (χ2n) is 8.35. The maximum atomic E-state index is 2.84. The normalized spacial score (nSPS) is 29.3. The van der Waals surface area contributed by atoms with Crippen molar-refractivity contribution in [3.05, 3.63) is 21.9 Å². The predicted molar refractivity (Wildman–Crippen MR) is 97.8 cm³/mol. The molecule has 0 amide bonds. The van der Waals surface area contributed by atoms with Gasteiger partial charge in [-0.05, 0) is 68.6 Å². The molecule has 3 nitrogen and oxygen atoms in total. The van der Waals surface area contributed by atoms with Crippen LogP contribution in [0.25, 0.3) is 0 Å². The van der Waals surface area contributed by atoms with Gasteiger partial charge in [-0.1, -0.05) is 0 Å². The van der Waals surface area contributed by atoms with E-state index in [1.54, 1.807) is 4.88 Å². The van der Waals surface area contributed by atoms with Gasteiger partial charge in [0.2, 0.25) is 0 Å². The van der Waals surface area contributed by atoms with E-state index in [1.807, 2.05) is 11.3 Å². The number of rotatable bonds is 6. The molecule has 3 saturated heterocycles. The molecular weight excluding hydrogens is 302 g/mol. The Balaban J connectivity index is 1.37. The molecule has 3 aliphatic heterocycles. The van der Waals surface area contributed by atoms with E-state index < -0.39 is 0 Å². The summed E-state index contributed by atoms with van der Waals surface area (Å²) in [7, 11) is 4.30. The summed E-state index contributed by atoms with van der Waals surface area (Å²) >= 11 is 1.95. The third-order valence-corrected chi connectivity index (χ3v) is 6.65. The monoisotopic (exact) mass is 333 g/mol. The number of fused-ring (bicyclic) bond motifs is 4. The molecule has 0 spiro atoms. The van der Waals surface area contributed by atoms with Crippen molar-refractivity contribution in [3.63, 3.8) is 0 Å². The molecule has 1 saturated carbocycles. The lowest BCUT2D eigenvalue weighted by atomic mass is 9.95. The minimum absolute atomic E-state index is 0.829. The van der Waals surface area contributed by atoms with Gasteiger partial charge in [0.1, 0.15) is 0 Å². The van der Waals surface area contributed by atoms with E-state index in [-0.39, 0.29) is 0 Å². The molecular formula is C19H31N3S. The quantitative estimate of drug-likeness (QED) is 0.792. The van der Waals surface area contributed by atoms with Crippen molar-refractivity contribution in [2.24, 2.45) is 11.8 Å².